The van der Waals surface area contributed by atoms with Crippen LogP contribution in [0.3, 0.4) is 0 Å². The third-order valence-corrected chi connectivity index (χ3v) is 4.95. The van der Waals surface area contributed by atoms with Gasteiger partial charge < -0.3 is 14.6 Å². The van der Waals surface area contributed by atoms with Crippen molar-refractivity contribution in [3.05, 3.63) is 24.2 Å². The fraction of sp³-hybridized carbons (Fsp3) is 0.750. The highest BCUT2D eigenvalue weighted by Crippen LogP contribution is 2.32. The predicted molar refractivity (Wildman–Crippen MR) is 77.2 cm³/mol. The first-order chi connectivity index (χ1) is 9.22. The molecule has 106 valence electrons. The molecule has 3 heteroatoms. The molecule has 3 rings (SSSR count). The van der Waals surface area contributed by atoms with Crippen molar-refractivity contribution in [1.29, 1.82) is 0 Å². The minimum absolute atomic E-state index is 0.500. The van der Waals surface area contributed by atoms with Crippen LogP contribution in [0.15, 0.2) is 22.8 Å². The molecule has 1 N–H and O–H groups in total. The van der Waals surface area contributed by atoms with Crippen molar-refractivity contribution < 1.29 is 4.42 Å². The van der Waals surface area contributed by atoms with Gasteiger partial charge in [-0.1, -0.05) is 6.42 Å². The summed E-state index contributed by atoms with van der Waals surface area (Å²) in [5, 5.41) is 3.82. The van der Waals surface area contributed by atoms with Crippen LogP contribution in [0.25, 0.3) is 0 Å². The molecule has 0 aromatic carbocycles. The normalized spacial score (nSPS) is 33.3. The Hall–Kier alpha value is -0.800. The summed E-state index contributed by atoms with van der Waals surface area (Å²) in [5.74, 6) is 1.09. The molecule has 19 heavy (non-hydrogen) atoms. The van der Waals surface area contributed by atoms with Crippen molar-refractivity contribution in [3.8, 4) is 0 Å². The van der Waals surface area contributed by atoms with Gasteiger partial charge in [0, 0.05) is 30.6 Å². The number of hydrogen-bond acceptors (Lipinski definition) is 3. The van der Waals surface area contributed by atoms with E-state index in [1.54, 1.807) is 6.26 Å². The largest absolute Gasteiger partial charge is 0.469 e. The number of nitrogens with one attached hydrogen (secondary N) is 1. The van der Waals surface area contributed by atoms with Gasteiger partial charge in [0.1, 0.15) is 5.76 Å². The Morgan fingerprint density at radius 3 is 2.74 bits per heavy atom. The van der Waals surface area contributed by atoms with E-state index in [0.717, 1.165) is 24.3 Å². The highest BCUT2D eigenvalue weighted by Gasteiger charge is 2.36. The smallest absolute Gasteiger partial charge is 0.105 e. The zero-order valence-electron chi connectivity index (χ0n) is 12.1. The molecule has 1 aromatic heterocycles. The second kappa shape index (κ2) is 5.68. The van der Waals surface area contributed by atoms with E-state index in [4.69, 9.17) is 4.42 Å². The molecule has 0 aliphatic carbocycles. The van der Waals surface area contributed by atoms with Crippen molar-refractivity contribution in [2.24, 2.45) is 0 Å². The zero-order valence-corrected chi connectivity index (χ0v) is 12.1. The Bertz CT molecular complexity index is 375. The van der Waals surface area contributed by atoms with E-state index in [2.05, 4.69) is 30.3 Å². The Morgan fingerprint density at radius 1 is 1.37 bits per heavy atom. The maximum atomic E-state index is 5.44. The summed E-state index contributed by atoms with van der Waals surface area (Å²) in [6, 6.07) is 6.85. The van der Waals surface area contributed by atoms with Crippen molar-refractivity contribution in [2.45, 2.75) is 69.6 Å². The molecule has 0 spiro atoms. The SMILES string of the molecule is CC(Cc1ccco1)NC1CC2CCCC(C1)N2C. The number of rotatable bonds is 4. The van der Waals surface area contributed by atoms with Crippen molar-refractivity contribution in [3.63, 3.8) is 0 Å². The summed E-state index contributed by atoms with van der Waals surface area (Å²) in [7, 11) is 2.32. The summed E-state index contributed by atoms with van der Waals surface area (Å²) >= 11 is 0. The monoisotopic (exact) mass is 262 g/mol. The highest BCUT2D eigenvalue weighted by molar-refractivity contribution is 5.01. The van der Waals surface area contributed by atoms with E-state index in [-0.39, 0.29) is 0 Å². The van der Waals surface area contributed by atoms with Gasteiger partial charge in [0.05, 0.1) is 6.26 Å². The molecule has 3 nitrogen and oxygen atoms in total. The second-order valence-electron chi connectivity index (χ2n) is 6.42. The molecule has 3 heterocycles. The van der Waals surface area contributed by atoms with E-state index < -0.39 is 0 Å². The average Bonchev–Trinajstić information content (AvgIpc) is 2.83. The molecule has 2 aliphatic rings. The first-order valence-electron chi connectivity index (χ1n) is 7.72. The molecule has 0 amide bonds. The van der Waals surface area contributed by atoms with E-state index in [9.17, 15) is 0 Å². The molecule has 2 bridgehead atoms. The number of hydrogen-bond donors (Lipinski definition) is 1. The Morgan fingerprint density at radius 2 is 2.11 bits per heavy atom. The summed E-state index contributed by atoms with van der Waals surface area (Å²) < 4.78 is 5.44. The van der Waals surface area contributed by atoms with Crippen LogP contribution in [0.2, 0.25) is 0 Å². The van der Waals surface area contributed by atoms with Crippen LogP contribution in [0, 0.1) is 0 Å². The van der Waals surface area contributed by atoms with Gasteiger partial charge in [-0.05, 0) is 51.8 Å². The third kappa shape index (κ3) is 3.03. The van der Waals surface area contributed by atoms with Crippen molar-refractivity contribution in [2.75, 3.05) is 7.05 Å². The van der Waals surface area contributed by atoms with E-state index >= 15 is 0 Å². The van der Waals surface area contributed by atoms with Crippen molar-refractivity contribution in [1.82, 2.24) is 10.2 Å². The third-order valence-electron chi connectivity index (χ3n) is 4.95. The first kappa shape index (κ1) is 13.2. The Kier molecular flexibility index (Phi) is 3.94. The van der Waals surface area contributed by atoms with Crippen LogP contribution in [0.4, 0.5) is 0 Å². The van der Waals surface area contributed by atoms with Crippen LogP contribution in [0.1, 0.15) is 44.8 Å². The quantitative estimate of drug-likeness (QED) is 0.904. The van der Waals surface area contributed by atoms with Crippen LogP contribution >= 0.6 is 0 Å². The minimum Gasteiger partial charge on any atom is -0.469 e. The Labute approximate surface area is 116 Å². The number of piperidine rings is 2. The first-order valence-corrected chi connectivity index (χ1v) is 7.72. The molecular weight excluding hydrogens is 236 g/mol. The topological polar surface area (TPSA) is 28.4 Å². The van der Waals surface area contributed by atoms with E-state index in [1.807, 2.05) is 6.07 Å². The lowest BCUT2D eigenvalue weighted by molar-refractivity contribution is 0.0462. The summed E-state index contributed by atoms with van der Waals surface area (Å²) in [5.41, 5.74) is 0. The van der Waals surface area contributed by atoms with Gasteiger partial charge in [-0.25, -0.2) is 0 Å². The lowest BCUT2D eigenvalue weighted by Gasteiger charge is -2.47. The number of nitrogens with zero attached hydrogens (tertiary/aromatic N) is 1. The predicted octanol–water partition coefficient (Wildman–Crippen LogP) is 2.82. The molecular formula is C16H26N2O. The summed E-state index contributed by atoms with van der Waals surface area (Å²) in [6.07, 6.45) is 9.59. The molecule has 0 radical (unpaired) electrons. The average molecular weight is 262 g/mol. The number of furan rings is 1. The molecule has 0 saturated carbocycles. The van der Waals surface area contributed by atoms with E-state index in [0.29, 0.717) is 12.1 Å². The summed E-state index contributed by atoms with van der Waals surface area (Å²) in [4.78, 5) is 2.62. The van der Waals surface area contributed by atoms with Gasteiger partial charge in [-0.2, -0.15) is 0 Å². The fourth-order valence-electron chi connectivity index (χ4n) is 3.94. The lowest BCUT2D eigenvalue weighted by atomic mass is 9.82. The van der Waals surface area contributed by atoms with Crippen LogP contribution in [-0.4, -0.2) is 36.1 Å². The van der Waals surface area contributed by atoms with Crippen molar-refractivity contribution >= 4 is 0 Å². The maximum absolute atomic E-state index is 5.44. The highest BCUT2D eigenvalue weighted by atomic mass is 16.3. The molecule has 2 aliphatic heterocycles. The van der Waals surface area contributed by atoms with Crippen LogP contribution < -0.4 is 5.32 Å². The molecule has 3 atom stereocenters. The zero-order chi connectivity index (χ0) is 13.2. The fourth-order valence-corrected chi connectivity index (χ4v) is 3.94. The lowest BCUT2D eigenvalue weighted by Crippen LogP contribution is -2.55. The maximum Gasteiger partial charge on any atom is 0.105 e. The minimum atomic E-state index is 0.500. The number of fused-ring (bicyclic) bond motifs is 2. The molecule has 2 saturated heterocycles. The molecule has 1 aromatic rings. The van der Waals surface area contributed by atoms with E-state index in [1.165, 1.54) is 32.1 Å². The van der Waals surface area contributed by atoms with Gasteiger partial charge in [0.2, 0.25) is 0 Å². The Balaban J connectivity index is 1.53. The standard InChI is InChI=1S/C16H26N2O/c1-12(9-16-7-4-8-19-16)17-13-10-14-5-3-6-15(11-13)18(14)2/h4,7-8,12-15,17H,3,5-6,9-11H2,1-2H3. The van der Waals surface area contributed by atoms with Gasteiger partial charge in [-0.3, -0.25) is 0 Å². The van der Waals surface area contributed by atoms with Crippen LogP contribution in [0.5, 0.6) is 0 Å². The molecule has 2 fully saturated rings. The second-order valence-corrected chi connectivity index (χ2v) is 6.42. The van der Waals surface area contributed by atoms with Crippen LogP contribution in [-0.2, 0) is 6.42 Å². The van der Waals surface area contributed by atoms with Gasteiger partial charge >= 0.3 is 0 Å². The van der Waals surface area contributed by atoms with Gasteiger partial charge in [0.25, 0.3) is 0 Å². The summed E-state index contributed by atoms with van der Waals surface area (Å²) in [6.45, 7) is 2.27. The molecule has 3 unspecified atom stereocenters. The van der Waals surface area contributed by atoms with Gasteiger partial charge in [-0.15, -0.1) is 0 Å². The van der Waals surface area contributed by atoms with Gasteiger partial charge in [0.15, 0.2) is 0 Å².